The molecular weight excluding hydrogens is 64.0 g/mol. The predicted octanol–water partition coefficient (Wildman–Crippen LogP) is 1.08. The van der Waals surface area contributed by atoms with Crippen LogP contribution < -0.4 is 0 Å². The summed E-state index contributed by atoms with van der Waals surface area (Å²) in [5, 5.41) is 0. The molecule has 1 nitrogen and oxygen atoms in total. The fourth-order valence-corrected chi connectivity index (χ4v) is 0.196. The number of hydrogen-bond donors (Lipinski definition) is 0. The Morgan fingerprint density at radius 1 is 1.60 bits per heavy atom. The topological polar surface area (TPSA) is 13.1 Å². The molecule has 0 aromatic carbocycles. The van der Waals surface area contributed by atoms with Gasteiger partial charge in [-0.2, -0.15) is 0 Å². The Morgan fingerprint density at radius 2 is 2.60 bits per heavy atom. The van der Waals surface area contributed by atoms with Crippen LogP contribution in [0.1, 0.15) is 0 Å². The number of rotatable bonds is 0. The summed E-state index contributed by atoms with van der Waals surface area (Å²) in [6.07, 6.45) is 3.07. The fraction of sp³-hybridized carbons (Fsp3) is 0. The van der Waals surface area contributed by atoms with E-state index in [0.29, 0.717) is 0 Å². The molecule has 0 saturated heterocycles. The summed E-state index contributed by atoms with van der Waals surface area (Å²) >= 11 is 0. The van der Waals surface area contributed by atoms with Gasteiger partial charge in [0.25, 0.3) is 0 Å². The van der Waals surface area contributed by atoms with E-state index in [1.54, 1.807) is 12.3 Å². The Balaban J connectivity index is 3.13. The molecule has 0 bridgehead atoms. The Labute approximate surface area is 30.2 Å². The van der Waals surface area contributed by atoms with Crippen LogP contribution in [0.2, 0.25) is 0 Å². The van der Waals surface area contributed by atoms with Crippen molar-refractivity contribution < 1.29 is 4.42 Å². The highest BCUT2D eigenvalue weighted by atomic mass is 16.3. The van der Waals surface area contributed by atoms with Crippen LogP contribution in [-0.4, -0.2) is 0 Å². The van der Waals surface area contributed by atoms with Crippen LogP contribution in [-0.2, 0) is 0 Å². The maximum atomic E-state index is 4.53. The average Bonchev–Trinajstić information content (AvgIpc) is 1.76. The Kier molecular flexibility index (Phi) is 0.468. The molecule has 0 unspecified atom stereocenters. The zero-order valence-electron chi connectivity index (χ0n) is 2.64. The van der Waals surface area contributed by atoms with Crippen molar-refractivity contribution in [3.63, 3.8) is 0 Å². The SMILES string of the molecule is [c]1ccoc1. The van der Waals surface area contributed by atoms with Crippen LogP contribution in [0.25, 0.3) is 0 Å². The van der Waals surface area contributed by atoms with Crippen molar-refractivity contribution in [2.24, 2.45) is 0 Å². The summed E-state index contributed by atoms with van der Waals surface area (Å²) < 4.78 is 4.53. The Bertz CT molecular complexity index is 60.1. The summed E-state index contributed by atoms with van der Waals surface area (Å²) in [6, 6.07) is 4.40. The lowest BCUT2D eigenvalue weighted by Gasteiger charge is -1.50. The van der Waals surface area contributed by atoms with Crippen molar-refractivity contribution in [1.82, 2.24) is 0 Å². The second-order valence-corrected chi connectivity index (χ2v) is 0.723. The molecule has 1 radical (unpaired) electrons. The van der Waals surface area contributed by atoms with Crippen molar-refractivity contribution in [3.8, 4) is 0 Å². The van der Waals surface area contributed by atoms with Gasteiger partial charge in [-0.05, 0) is 6.07 Å². The van der Waals surface area contributed by atoms with Gasteiger partial charge in [-0.3, -0.25) is 0 Å². The van der Waals surface area contributed by atoms with Gasteiger partial charge in [-0.1, -0.05) is 0 Å². The van der Waals surface area contributed by atoms with Gasteiger partial charge in [0.15, 0.2) is 0 Å². The van der Waals surface area contributed by atoms with E-state index < -0.39 is 0 Å². The molecule has 0 saturated carbocycles. The van der Waals surface area contributed by atoms with E-state index in [9.17, 15) is 0 Å². The van der Waals surface area contributed by atoms with Gasteiger partial charge in [0.1, 0.15) is 0 Å². The van der Waals surface area contributed by atoms with Gasteiger partial charge in [0.05, 0.1) is 12.5 Å². The van der Waals surface area contributed by atoms with Crippen molar-refractivity contribution >= 4 is 0 Å². The van der Waals surface area contributed by atoms with E-state index in [4.69, 9.17) is 0 Å². The van der Waals surface area contributed by atoms with Crippen molar-refractivity contribution in [2.75, 3.05) is 0 Å². The molecule has 0 aliphatic rings. The van der Waals surface area contributed by atoms with Crippen LogP contribution in [0.4, 0.5) is 0 Å². The molecule has 0 atom stereocenters. The molecule has 0 N–H and O–H groups in total. The summed E-state index contributed by atoms with van der Waals surface area (Å²) in [6.45, 7) is 0. The molecule has 0 aliphatic heterocycles. The maximum Gasteiger partial charge on any atom is 0.0982 e. The highest BCUT2D eigenvalue weighted by Crippen LogP contribution is 1.78. The minimum atomic E-state index is 1.50. The molecule has 0 spiro atoms. The van der Waals surface area contributed by atoms with Crippen molar-refractivity contribution in [2.45, 2.75) is 0 Å². The van der Waals surface area contributed by atoms with Gasteiger partial charge < -0.3 is 4.42 Å². The third kappa shape index (κ3) is 0.293. The first-order valence-electron chi connectivity index (χ1n) is 1.38. The maximum absolute atomic E-state index is 4.53. The predicted molar refractivity (Wildman–Crippen MR) is 17.5 cm³/mol. The Hall–Kier alpha value is -0.720. The van der Waals surface area contributed by atoms with E-state index in [2.05, 4.69) is 10.5 Å². The molecular formula is C4H3O. The first kappa shape index (κ1) is 2.51. The van der Waals surface area contributed by atoms with Crippen molar-refractivity contribution in [1.29, 1.82) is 0 Å². The minimum Gasteiger partial charge on any atom is -0.472 e. The van der Waals surface area contributed by atoms with Crippen LogP contribution in [0.5, 0.6) is 0 Å². The van der Waals surface area contributed by atoms with Gasteiger partial charge >= 0.3 is 0 Å². The van der Waals surface area contributed by atoms with Gasteiger partial charge in [-0.25, -0.2) is 0 Å². The molecule has 25 valence electrons. The molecule has 1 aromatic heterocycles. The molecule has 1 rings (SSSR count). The molecule has 0 aliphatic carbocycles. The lowest BCUT2D eigenvalue weighted by atomic mass is 10.7. The zero-order chi connectivity index (χ0) is 3.54. The Morgan fingerprint density at radius 3 is 2.80 bits per heavy atom. The third-order valence-electron chi connectivity index (χ3n) is 0.379. The third-order valence-corrected chi connectivity index (χ3v) is 0.379. The first-order chi connectivity index (χ1) is 2.50. The highest BCUT2D eigenvalue weighted by Gasteiger charge is 1.60. The van der Waals surface area contributed by atoms with E-state index in [1.165, 1.54) is 6.26 Å². The van der Waals surface area contributed by atoms with Gasteiger partial charge in [0.2, 0.25) is 0 Å². The second-order valence-electron chi connectivity index (χ2n) is 0.723. The second kappa shape index (κ2) is 0.931. The van der Waals surface area contributed by atoms with E-state index in [0.717, 1.165) is 0 Å². The van der Waals surface area contributed by atoms with E-state index in [1.807, 2.05) is 0 Å². The lowest BCUT2D eigenvalue weighted by molar-refractivity contribution is 0.567. The van der Waals surface area contributed by atoms with Crippen LogP contribution in [0, 0.1) is 6.07 Å². The smallest absolute Gasteiger partial charge is 0.0982 e. The van der Waals surface area contributed by atoms with Gasteiger partial charge in [0, 0.05) is 6.07 Å². The average molecular weight is 67.1 g/mol. The van der Waals surface area contributed by atoms with Crippen LogP contribution >= 0.6 is 0 Å². The largest absolute Gasteiger partial charge is 0.472 e. The molecule has 0 fully saturated rings. The molecule has 1 heteroatoms. The molecule has 1 aromatic rings. The number of hydrogen-bond acceptors (Lipinski definition) is 1. The van der Waals surface area contributed by atoms with E-state index >= 15 is 0 Å². The first-order valence-corrected chi connectivity index (χ1v) is 1.38. The summed E-state index contributed by atoms with van der Waals surface area (Å²) in [4.78, 5) is 0. The summed E-state index contributed by atoms with van der Waals surface area (Å²) in [5.74, 6) is 0. The minimum absolute atomic E-state index is 1.50. The molecule has 0 amide bonds. The highest BCUT2D eigenvalue weighted by molar-refractivity contribution is 4.76. The summed E-state index contributed by atoms with van der Waals surface area (Å²) in [5.41, 5.74) is 0. The van der Waals surface area contributed by atoms with Crippen LogP contribution in [0.15, 0.2) is 23.0 Å². The summed E-state index contributed by atoms with van der Waals surface area (Å²) in [7, 11) is 0. The normalized spacial score (nSPS) is 8.00. The fourth-order valence-electron chi connectivity index (χ4n) is 0.196. The lowest BCUT2D eigenvalue weighted by Crippen LogP contribution is -1.19. The monoisotopic (exact) mass is 67.0 g/mol. The standard InChI is InChI=1S/C4H3O/c1-2-4-5-3-1/h1,3-4H. The van der Waals surface area contributed by atoms with Crippen LogP contribution in [0.3, 0.4) is 0 Å². The molecule has 5 heavy (non-hydrogen) atoms. The van der Waals surface area contributed by atoms with Crippen molar-refractivity contribution in [3.05, 3.63) is 24.7 Å². The molecule has 1 heterocycles. The van der Waals surface area contributed by atoms with E-state index in [-0.39, 0.29) is 0 Å². The zero-order valence-corrected chi connectivity index (χ0v) is 2.64. The van der Waals surface area contributed by atoms with Gasteiger partial charge in [-0.15, -0.1) is 0 Å². The number of furan rings is 1. The quantitative estimate of drug-likeness (QED) is 0.442.